The van der Waals surface area contributed by atoms with Crippen molar-refractivity contribution in [1.82, 2.24) is 30.8 Å². The number of H-pyrrole nitrogens is 2. The minimum absolute atomic E-state index is 0. The van der Waals surface area contributed by atoms with Gasteiger partial charge in [0.1, 0.15) is 22.9 Å². The van der Waals surface area contributed by atoms with Gasteiger partial charge in [-0.3, -0.25) is 10.2 Å². The first-order chi connectivity index (χ1) is 23.7. The molecule has 2 aromatic heterocycles. The van der Waals surface area contributed by atoms with Crippen molar-refractivity contribution < 1.29 is 115 Å². The number of halogens is 6. The minimum atomic E-state index is -4.38. The van der Waals surface area contributed by atoms with E-state index in [0.717, 1.165) is 24.3 Å². The number of ether oxygens (including phenoxy) is 2. The van der Waals surface area contributed by atoms with Crippen molar-refractivity contribution in [1.29, 1.82) is 0 Å². The van der Waals surface area contributed by atoms with Crippen molar-refractivity contribution in [2.24, 2.45) is 0 Å². The van der Waals surface area contributed by atoms with Crippen molar-refractivity contribution in [2.75, 3.05) is 0 Å². The first-order valence-corrected chi connectivity index (χ1v) is 13.8. The molecule has 0 atom stereocenters. The summed E-state index contributed by atoms with van der Waals surface area (Å²) >= 11 is 0. The smallest absolute Gasteiger partial charge is 0.543 e. The fourth-order valence-electron chi connectivity index (χ4n) is 4.20. The van der Waals surface area contributed by atoms with E-state index in [-0.39, 0.29) is 82.4 Å². The van der Waals surface area contributed by atoms with Crippen LogP contribution in [-0.4, -0.2) is 42.8 Å². The van der Waals surface area contributed by atoms with Gasteiger partial charge in [-0.25, -0.2) is 0 Å². The third kappa shape index (κ3) is 10.7. The molecule has 6 rings (SSSR count). The Labute approximate surface area is 332 Å². The fourth-order valence-corrected chi connectivity index (χ4v) is 4.20. The van der Waals surface area contributed by atoms with Crippen molar-refractivity contribution >= 4 is 11.9 Å². The quantitative estimate of drug-likeness (QED) is 0.150. The number of alkyl halides is 6. The number of hydrogen-bond acceptors (Lipinski definition) is 10. The van der Waals surface area contributed by atoms with E-state index in [0.29, 0.717) is 22.3 Å². The summed E-state index contributed by atoms with van der Waals surface area (Å²) in [5.74, 6) is -2.95. The molecule has 4 aromatic carbocycles. The zero-order valence-corrected chi connectivity index (χ0v) is 30.7. The van der Waals surface area contributed by atoms with Crippen LogP contribution in [0.25, 0.3) is 22.3 Å². The number of nitrogens with zero attached hydrogens (tertiary/aromatic N) is 4. The molecular weight excluding hydrogens is 724 g/mol. The number of hydrogen-bond donors (Lipinski definition) is 2. The molecule has 20 heteroatoms. The second-order valence-corrected chi connectivity index (χ2v) is 9.96. The van der Waals surface area contributed by atoms with Gasteiger partial charge in [0, 0.05) is 0 Å². The number of carbonyl (C=O) groups is 2. The van der Waals surface area contributed by atoms with Crippen molar-refractivity contribution in [3.8, 4) is 45.5 Å². The van der Waals surface area contributed by atoms with E-state index in [4.69, 9.17) is 9.47 Å². The van der Waals surface area contributed by atoms with E-state index >= 15 is 0 Å². The average molecular weight is 743 g/mol. The summed E-state index contributed by atoms with van der Waals surface area (Å²) in [4.78, 5) is 21.7. The van der Waals surface area contributed by atoms with Gasteiger partial charge in [-0.05, 0) is 70.8 Å². The molecule has 0 fully saturated rings. The molecule has 0 radical (unpaired) electrons. The van der Waals surface area contributed by atoms with E-state index < -0.39 is 46.8 Å². The van der Waals surface area contributed by atoms with Gasteiger partial charge in [-0.15, -0.1) is 0 Å². The van der Waals surface area contributed by atoms with Crippen LogP contribution >= 0.6 is 0 Å². The number of carbonyl (C=O) groups excluding carboxylic acids is 2. The van der Waals surface area contributed by atoms with Gasteiger partial charge in [0.05, 0.1) is 23.1 Å². The topological polar surface area (TPSA) is 182 Å². The summed E-state index contributed by atoms with van der Waals surface area (Å²) < 4.78 is 86.0. The van der Waals surface area contributed by atoms with Gasteiger partial charge in [0.25, 0.3) is 11.8 Å². The molecule has 0 saturated heterocycles. The maximum atomic E-state index is 12.6. The number of benzene rings is 4. The van der Waals surface area contributed by atoms with Crippen LogP contribution in [0.2, 0.25) is 0 Å². The largest absolute Gasteiger partial charge is 1.00 e. The van der Waals surface area contributed by atoms with Gasteiger partial charge in [-0.2, -0.15) is 26.3 Å². The number of aromatic amines is 2. The molecular formula is C32H18F6N6Na2O6. The molecule has 0 unspecified atom stereocenters. The normalized spacial score (nSPS) is 10.9. The summed E-state index contributed by atoms with van der Waals surface area (Å²) in [6.07, 6.45) is -8.77. The van der Waals surface area contributed by atoms with Crippen LogP contribution in [0, 0.1) is 0 Å². The maximum absolute atomic E-state index is 12.6. The molecule has 6 aromatic rings. The summed E-state index contributed by atoms with van der Waals surface area (Å²) in [5, 5.41) is 39.6. The average Bonchev–Trinajstić information content (AvgIpc) is 3.75. The second kappa shape index (κ2) is 17.7. The third-order valence-corrected chi connectivity index (χ3v) is 6.67. The Hall–Kier alpha value is -4.72. The van der Waals surface area contributed by atoms with Crippen LogP contribution < -0.4 is 78.8 Å². The maximum Gasteiger partial charge on any atom is 1.00 e. The fraction of sp³-hybridized carbons (Fsp3) is 0.0625. The second-order valence-electron chi connectivity index (χ2n) is 9.96. The number of nitrogens with one attached hydrogen (secondary N) is 2. The van der Waals surface area contributed by atoms with E-state index in [1.54, 1.807) is 24.3 Å². The van der Waals surface area contributed by atoms with E-state index in [9.17, 15) is 46.1 Å². The zero-order valence-electron chi connectivity index (χ0n) is 26.7. The standard InChI is InChI=1S/2C16H10F3N3O3.2Na/c2*17-16(18,19)11-5-1-9(2-6-11)10-3-7-12(8-4-10)25-14-13(15(23)24)20-22-21-14;;/h2*1-8H,(H,23,24)(H,20,21,22);;/q;;2*+1/p-2. The SMILES string of the molecule is O=C([O-])c1[nH]nnc1Oc1ccc(-c2ccc(C(F)(F)F)cc2)cc1.O=C([O-])c1[nH]nnc1Oc1ccc(-c2ccc(C(F)(F)F)cc2)cc1.[Na+].[Na+]. The Balaban J connectivity index is 0.000000270. The first-order valence-electron chi connectivity index (χ1n) is 13.8. The molecule has 52 heavy (non-hydrogen) atoms. The van der Waals surface area contributed by atoms with Crippen LogP contribution in [0.1, 0.15) is 32.1 Å². The Morgan fingerprint density at radius 3 is 1.02 bits per heavy atom. The molecule has 0 amide bonds. The molecule has 0 spiro atoms. The molecule has 0 aliphatic carbocycles. The molecule has 0 aliphatic heterocycles. The van der Waals surface area contributed by atoms with Crippen molar-refractivity contribution in [3.63, 3.8) is 0 Å². The summed E-state index contributed by atoms with van der Waals surface area (Å²) in [6, 6.07) is 22.1. The van der Waals surface area contributed by atoms with Crippen LogP contribution in [0.5, 0.6) is 23.3 Å². The Bertz CT molecular complexity index is 1940. The van der Waals surface area contributed by atoms with Crippen LogP contribution in [0.15, 0.2) is 97.1 Å². The zero-order chi connectivity index (χ0) is 36.1. The summed E-state index contributed by atoms with van der Waals surface area (Å²) in [7, 11) is 0. The van der Waals surface area contributed by atoms with Gasteiger partial charge in [0.15, 0.2) is 0 Å². The van der Waals surface area contributed by atoms with Crippen molar-refractivity contribution in [3.05, 3.63) is 120 Å². The number of carboxylic acids is 2. The van der Waals surface area contributed by atoms with Gasteiger partial charge in [-0.1, -0.05) is 69.2 Å². The Morgan fingerprint density at radius 1 is 0.500 bits per heavy atom. The number of aromatic carboxylic acids is 2. The van der Waals surface area contributed by atoms with E-state index in [1.165, 1.54) is 48.5 Å². The monoisotopic (exact) mass is 742 g/mol. The Morgan fingerprint density at radius 2 is 0.769 bits per heavy atom. The molecule has 2 N–H and O–H groups in total. The molecule has 0 saturated carbocycles. The molecule has 12 nitrogen and oxygen atoms in total. The van der Waals surface area contributed by atoms with Gasteiger partial charge >= 0.3 is 71.5 Å². The molecule has 0 bridgehead atoms. The third-order valence-electron chi connectivity index (χ3n) is 6.67. The van der Waals surface area contributed by atoms with E-state index in [1.807, 2.05) is 0 Å². The molecule has 256 valence electrons. The minimum Gasteiger partial charge on any atom is -0.543 e. The Kier molecular flexibility index (Phi) is 14.2. The predicted molar refractivity (Wildman–Crippen MR) is 155 cm³/mol. The molecule has 2 heterocycles. The summed E-state index contributed by atoms with van der Waals surface area (Å²) in [5.41, 5.74) is 0.281. The van der Waals surface area contributed by atoms with E-state index in [2.05, 4.69) is 30.8 Å². The van der Waals surface area contributed by atoms with Gasteiger partial charge < -0.3 is 29.3 Å². The first kappa shape index (κ1) is 41.7. The van der Waals surface area contributed by atoms with Crippen molar-refractivity contribution in [2.45, 2.75) is 12.4 Å². The number of rotatable bonds is 8. The van der Waals surface area contributed by atoms with Crippen LogP contribution in [0.4, 0.5) is 26.3 Å². The molecule has 0 aliphatic rings. The van der Waals surface area contributed by atoms with Crippen LogP contribution in [0.3, 0.4) is 0 Å². The van der Waals surface area contributed by atoms with Gasteiger partial charge in [0.2, 0.25) is 0 Å². The number of aromatic nitrogens is 6. The van der Waals surface area contributed by atoms with Crippen LogP contribution in [-0.2, 0) is 12.4 Å². The number of carboxylic acid groups (broad SMARTS) is 2. The predicted octanol–water partition coefficient (Wildman–Crippen LogP) is -0.699. The summed E-state index contributed by atoms with van der Waals surface area (Å²) in [6.45, 7) is 0.